The van der Waals surface area contributed by atoms with Gasteiger partial charge in [-0.25, -0.2) is 9.48 Å². The molecule has 0 spiro atoms. The summed E-state index contributed by atoms with van der Waals surface area (Å²) in [6.07, 6.45) is 0. The first-order valence-corrected chi connectivity index (χ1v) is 8.71. The van der Waals surface area contributed by atoms with Gasteiger partial charge in [0.05, 0.1) is 24.1 Å². The van der Waals surface area contributed by atoms with Crippen LogP contribution in [0.25, 0.3) is 5.69 Å². The fourth-order valence-electron chi connectivity index (χ4n) is 2.61. The van der Waals surface area contributed by atoms with E-state index in [0.29, 0.717) is 17.1 Å². The van der Waals surface area contributed by atoms with Gasteiger partial charge in [-0.15, -0.1) is 0 Å². The molecule has 3 aromatic rings. The maximum Gasteiger partial charge on any atom is 0.338 e. The molecule has 0 saturated heterocycles. The van der Waals surface area contributed by atoms with Crippen LogP contribution >= 0.6 is 0 Å². The average Bonchev–Trinajstić information content (AvgIpc) is 3.06. The van der Waals surface area contributed by atoms with Crippen molar-refractivity contribution in [2.45, 2.75) is 13.8 Å². The van der Waals surface area contributed by atoms with Gasteiger partial charge in [-0.3, -0.25) is 4.79 Å². The Labute approximate surface area is 162 Å². The first kappa shape index (κ1) is 19.2. The predicted molar refractivity (Wildman–Crippen MR) is 105 cm³/mol. The van der Waals surface area contributed by atoms with Gasteiger partial charge in [0.15, 0.2) is 6.61 Å². The standard InChI is InChI=1S/C21H21N3O4/c1-14-7-9-17(10-8-14)24-19(11-15(2)23-24)22-20(25)13-28-21(26)16-5-4-6-18(12-16)27-3/h4-12H,13H2,1-3H3,(H,22,25). The van der Waals surface area contributed by atoms with E-state index in [0.717, 1.165) is 16.9 Å². The van der Waals surface area contributed by atoms with Crippen molar-refractivity contribution in [1.82, 2.24) is 9.78 Å². The highest BCUT2D eigenvalue weighted by Crippen LogP contribution is 2.18. The first-order valence-electron chi connectivity index (χ1n) is 8.71. The van der Waals surface area contributed by atoms with Crippen LogP contribution in [0.4, 0.5) is 5.82 Å². The number of nitrogens with one attached hydrogen (secondary N) is 1. The normalized spacial score (nSPS) is 10.4. The summed E-state index contributed by atoms with van der Waals surface area (Å²) < 4.78 is 11.8. The Morgan fingerprint density at radius 2 is 1.82 bits per heavy atom. The molecule has 0 atom stereocenters. The highest BCUT2D eigenvalue weighted by atomic mass is 16.5. The monoisotopic (exact) mass is 379 g/mol. The molecule has 0 unspecified atom stereocenters. The van der Waals surface area contributed by atoms with E-state index in [4.69, 9.17) is 9.47 Å². The van der Waals surface area contributed by atoms with Gasteiger partial charge in [-0.1, -0.05) is 23.8 Å². The minimum absolute atomic E-state index is 0.313. The summed E-state index contributed by atoms with van der Waals surface area (Å²) in [5, 5.41) is 7.14. The fraction of sp³-hybridized carbons (Fsp3) is 0.190. The summed E-state index contributed by atoms with van der Waals surface area (Å²) in [5.74, 6) is -0.0121. The van der Waals surface area contributed by atoms with E-state index >= 15 is 0 Å². The molecule has 1 amide bonds. The van der Waals surface area contributed by atoms with Gasteiger partial charge in [-0.05, 0) is 44.2 Å². The lowest BCUT2D eigenvalue weighted by molar-refractivity contribution is -0.119. The summed E-state index contributed by atoms with van der Waals surface area (Å²) in [4.78, 5) is 24.4. The third-order valence-electron chi connectivity index (χ3n) is 4.02. The number of anilines is 1. The number of benzene rings is 2. The van der Waals surface area contributed by atoms with E-state index < -0.39 is 18.5 Å². The highest BCUT2D eigenvalue weighted by molar-refractivity contribution is 5.95. The molecule has 7 nitrogen and oxygen atoms in total. The van der Waals surface area contributed by atoms with Crippen molar-refractivity contribution < 1.29 is 19.1 Å². The Hall–Kier alpha value is -3.61. The van der Waals surface area contributed by atoms with Gasteiger partial charge in [0, 0.05) is 6.07 Å². The second kappa shape index (κ2) is 8.39. The Bertz CT molecular complexity index is 993. The summed E-state index contributed by atoms with van der Waals surface area (Å²) in [7, 11) is 1.51. The smallest absolute Gasteiger partial charge is 0.338 e. The minimum Gasteiger partial charge on any atom is -0.497 e. The number of hydrogen-bond donors (Lipinski definition) is 1. The molecular formula is C21H21N3O4. The number of hydrogen-bond acceptors (Lipinski definition) is 5. The molecule has 1 N–H and O–H groups in total. The Balaban J connectivity index is 1.65. The second-order valence-corrected chi connectivity index (χ2v) is 6.27. The van der Waals surface area contributed by atoms with Crippen molar-refractivity contribution in [3.63, 3.8) is 0 Å². The van der Waals surface area contributed by atoms with Gasteiger partial charge >= 0.3 is 5.97 Å². The molecule has 0 radical (unpaired) electrons. The number of aromatic nitrogens is 2. The van der Waals surface area contributed by atoms with Crippen molar-refractivity contribution in [2.75, 3.05) is 19.0 Å². The van der Waals surface area contributed by atoms with Crippen molar-refractivity contribution in [3.8, 4) is 11.4 Å². The number of ether oxygens (including phenoxy) is 2. The molecule has 0 saturated carbocycles. The molecular weight excluding hydrogens is 358 g/mol. The van der Waals surface area contributed by atoms with Crippen LogP contribution in [0.15, 0.2) is 54.6 Å². The molecule has 0 aliphatic rings. The van der Waals surface area contributed by atoms with Crippen LogP contribution in [0.1, 0.15) is 21.6 Å². The fourth-order valence-corrected chi connectivity index (χ4v) is 2.61. The maximum atomic E-state index is 12.3. The van der Waals surface area contributed by atoms with Crippen molar-refractivity contribution in [2.24, 2.45) is 0 Å². The van der Waals surface area contributed by atoms with Gasteiger partial charge < -0.3 is 14.8 Å². The van der Waals surface area contributed by atoms with Crippen LogP contribution in [-0.2, 0) is 9.53 Å². The largest absolute Gasteiger partial charge is 0.497 e. The molecule has 28 heavy (non-hydrogen) atoms. The Kier molecular flexibility index (Phi) is 5.74. The molecule has 2 aromatic carbocycles. The predicted octanol–water partition coefficient (Wildman–Crippen LogP) is 3.29. The summed E-state index contributed by atoms with van der Waals surface area (Å²) >= 11 is 0. The van der Waals surface area contributed by atoms with E-state index in [1.807, 2.05) is 38.1 Å². The number of aryl methyl sites for hydroxylation is 2. The van der Waals surface area contributed by atoms with E-state index in [-0.39, 0.29) is 0 Å². The van der Waals surface area contributed by atoms with Crippen molar-refractivity contribution in [3.05, 3.63) is 71.4 Å². The lowest BCUT2D eigenvalue weighted by Crippen LogP contribution is -2.22. The molecule has 1 aromatic heterocycles. The van der Waals surface area contributed by atoms with E-state index in [9.17, 15) is 9.59 Å². The Morgan fingerprint density at radius 1 is 1.07 bits per heavy atom. The lowest BCUT2D eigenvalue weighted by atomic mass is 10.2. The minimum atomic E-state index is -0.600. The highest BCUT2D eigenvalue weighted by Gasteiger charge is 2.14. The van der Waals surface area contributed by atoms with E-state index in [2.05, 4.69) is 10.4 Å². The summed E-state index contributed by atoms with van der Waals surface area (Å²) in [6, 6.07) is 16.1. The van der Waals surface area contributed by atoms with Gasteiger partial charge in [0.2, 0.25) is 0 Å². The van der Waals surface area contributed by atoms with E-state index in [1.54, 1.807) is 35.0 Å². The summed E-state index contributed by atoms with van der Waals surface area (Å²) in [5.41, 5.74) is 3.02. The number of carbonyl (C=O) groups excluding carboxylic acids is 2. The lowest BCUT2D eigenvalue weighted by Gasteiger charge is -2.10. The van der Waals surface area contributed by atoms with Crippen LogP contribution in [0.2, 0.25) is 0 Å². The molecule has 0 fully saturated rings. The second-order valence-electron chi connectivity index (χ2n) is 6.27. The third kappa shape index (κ3) is 4.56. The molecule has 0 aliphatic carbocycles. The average molecular weight is 379 g/mol. The molecule has 7 heteroatoms. The number of methoxy groups -OCH3 is 1. The Morgan fingerprint density at radius 3 is 2.54 bits per heavy atom. The molecule has 1 heterocycles. The zero-order valence-electron chi connectivity index (χ0n) is 15.9. The van der Waals surface area contributed by atoms with Crippen LogP contribution in [-0.4, -0.2) is 35.4 Å². The first-order chi connectivity index (χ1) is 13.5. The quantitative estimate of drug-likeness (QED) is 0.665. The maximum absolute atomic E-state index is 12.3. The van der Waals surface area contributed by atoms with Crippen LogP contribution in [0, 0.1) is 13.8 Å². The number of carbonyl (C=O) groups is 2. The third-order valence-corrected chi connectivity index (χ3v) is 4.02. The molecule has 0 aliphatic heterocycles. The van der Waals surface area contributed by atoms with Gasteiger partial charge in [0.25, 0.3) is 5.91 Å². The van der Waals surface area contributed by atoms with E-state index in [1.165, 1.54) is 7.11 Å². The number of rotatable bonds is 6. The van der Waals surface area contributed by atoms with Crippen molar-refractivity contribution in [1.29, 1.82) is 0 Å². The van der Waals surface area contributed by atoms with Crippen molar-refractivity contribution >= 4 is 17.7 Å². The zero-order chi connectivity index (χ0) is 20.1. The van der Waals surface area contributed by atoms with Crippen LogP contribution < -0.4 is 10.1 Å². The zero-order valence-corrected chi connectivity index (χ0v) is 15.9. The topological polar surface area (TPSA) is 82.4 Å². The SMILES string of the molecule is COc1cccc(C(=O)OCC(=O)Nc2cc(C)nn2-c2ccc(C)cc2)c1. The summed E-state index contributed by atoms with van der Waals surface area (Å²) in [6.45, 7) is 3.43. The van der Waals surface area contributed by atoms with Gasteiger partial charge in [-0.2, -0.15) is 5.10 Å². The van der Waals surface area contributed by atoms with Crippen LogP contribution in [0.5, 0.6) is 5.75 Å². The number of nitrogens with zero attached hydrogens (tertiary/aromatic N) is 2. The number of amides is 1. The molecule has 0 bridgehead atoms. The van der Waals surface area contributed by atoms with Crippen LogP contribution in [0.3, 0.4) is 0 Å². The number of esters is 1. The van der Waals surface area contributed by atoms with Gasteiger partial charge in [0.1, 0.15) is 11.6 Å². The molecule has 144 valence electrons. The molecule has 3 rings (SSSR count).